The molecule has 248 valence electrons. The highest BCUT2D eigenvalue weighted by Crippen LogP contribution is 2.34. The molecule has 4 aromatic rings. The molecule has 0 radical (unpaired) electrons. The van der Waals surface area contributed by atoms with Gasteiger partial charge in [0.2, 0.25) is 5.91 Å². The largest absolute Gasteiger partial charge is 0.465 e. The fourth-order valence-corrected chi connectivity index (χ4v) is 6.25. The SMILES string of the molecule is O=C(CCN1CCC(N(C(=O)O)c2ccccc2-c2ccccc2)CC1)NCc1cccc(C(=O)Nc2ccc(C3OCCO3)cc2)c1. The minimum Gasteiger partial charge on any atom is -0.465 e. The van der Waals surface area contributed by atoms with Crippen molar-refractivity contribution < 1.29 is 29.0 Å². The number of carbonyl (C=O) groups excluding carboxylic acids is 2. The molecule has 2 saturated heterocycles. The van der Waals surface area contributed by atoms with Crippen molar-refractivity contribution in [2.75, 3.05) is 43.1 Å². The summed E-state index contributed by atoms with van der Waals surface area (Å²) in [4.78, 5) is 41.9. The number of anilines is 2. The van der Waals surface area contributed by atoms with E-state index >= 15 is 0 Å². The molecule has 6 rings (SSSR count). The van der Waals surface area contributed by atoms with Crippen molar-refractivity contribution in [3.63, 3.8) is 0 Å². The van der Waals surface area contributed by atoms with Crippen LogP contribution in [-0.4, -0.2) is 66.8 Å². The lowest BCUT2D eigenvalue weighted by atomic mass is 9.98. The quantitative estimate of drug-likeness (QED) is 0.174. The van der Waals surface area contributed by atoms with E-state index in [9.17, 15) is 19.5 Å². The topological polar surface area (TPSA) is 120 Å². The van der Waals surface area contributed by atoms with Crippen LogP contribution in [0, 0.1) is 0 Å². The second kappa shape index (κ2) is 15.7. The van der Waals surface area contributed by atoms with Gasteiger partial charge in [-0.2, -0.15) is 0 Å². The van der Waals surface area contributed by atoms with Crippen molar-refractivity contribution in [1.29, 1.82) is 0 Å². The maximum Gasteiger partial charge on any atom is 0.412 e. The number of hydrogen-bond donors (Lipinski definition) is 3. The van der Waals surface area contributed by atoms with Gasteiger partial charge in [-0.1, -0.05) is 72.8 Å². The van der Waals surface area contributed by atoms with Gasteiger partial charge in [0, 0.05) is 61.0 Å². The van der Waals surface area contributed by atoms with Gasteiger partial charge >= 0.3 is 6.09 Å². The number of rotatable bonds is 11. The first-order valence-electron chi connectivity index (χ1n) is 16.3. The number of likely N-dealkylation sites (tertiary alicyclic amines) is 1. The number of benzene rings is 4. The van der Waals surface area contributed by atoms with Crippen molar-refractivity contribution in [3.05, 3.63) is 120 Å². The van der Waals surface area contributed by atoms with Crippen molar-refractivity contribution >= 4 is 29.3 Å². The molecule has 3 amide bonds. The Kier molecular flexibility index (Phi) is 10.8. The molecule has 10 nitrogen and oxygen atoms in total. The summed E-state index contributed by atoms with van der Waals surface area (Å²) < 4.78 is 11.0. The number of carboxylic acid groups (broad SMARTS) is 1. The van der Waals surface area contributed by atoms with Crippen LogP contribution in [0.3, 0.4) is 0 Å². The summed E-state index contributed by atoms with van der Waals surface area (Å²) in [7, 11) is 0. The molecule has 0 bridgehead atoms. The monoisotopic (exact) mass is 648 g/mol. The summed E-state index contributed by atoms with van der Waals surface area (Å²) in [6.07, 6.45) is 0.366. The van der Waals surface area contributed by atoms with Crippen molar-refractivity contribution in [3.8, 4) is 11.1 Å². The maximum atomic E-state index is 12.9. The van der Waals surface area contributed by atoms with Crippen LogP contribution < -0.4 is 15.5 Å². The molecule has 0 saturated carbocycles. The van der Waals surface area contributed by atoms with Gasteiger partial charge in [0.1, 0.15) is 0 Å². The van der Waals surface area contributed by atoms with Crippen LogP contribution in [0.5, 0.6) is 0 Å². The van der Waals surface area contributed by atoms with Crippen LogP contribution in [0.1, 0.15) is 47.0 Å². The second-order valence-corrected chi connectivity index (χ2v) is 12.0. The van der Waals surface area contributed by atoms with E-state index in [-0.39, 0.29) is 24.1 Å². The average Bonchev–Trinajstić information content (AvgIpc) is 3.67. The highest BCUT2D eigenvalue weighted by molar-refractivity contribution is 6.04. The van der Waals surface area contributed by atoms with Crippen molar-refractivity contribution in [2.45, 2.75) is 38.1 Å². The number of hydrogen-bond acceptors (Lipinski definition) is 6. The number of nitrogens with zero attached hydrogens (tertiary/aromatic N) is 2. The number of ether oxygens (including phenoxy) is 2. The molecule has 3 N–H and O–H groups in total. The van der Waals surface area contributed by atoms with Gasteiger partial charge < -0.3 is 30.1 Å². The van der Waals surface area contributed by atoms with E-state index in [2.05, 4.69) is 15.5 Å². The molecule has 2 heterocycles. The fourth-order valence-electron chi connectivity index (χ4n) is 6.25. The first kappa shape index (κ1) is 32.9. The zero-order valence-electron chi connectivity index (χ0n) is 26.7. The summed E-state index contributed by atoms with van der Waals surface area (Å²) in [5.74, 6) is -0.316. The third-order valence-electron chi connectivity index (χ3n) is 8.77. The molecular formula is C38H40N4O6. The molecule has 2 aliphatic heterocycles. The van der Waals surface area contributed by atoms with E-state index in [1.807, 2.05) is 84.9 Å². The van der Waals surface area contributed by atoms with E-state index in [1.54, 1.807) is 18.2 Å². The van der Waals surface area contributed by atoms with Crippen LogP contribution in [0.4, 0.5) is 16.2 Å². The number of carbonyl (C=O) groups is 3. The lowest BCUT2D eigenvalue weighted by Gasteiger charge is -2.37. The minimum absolute atomic E-state index is 0.0776. The zero-order valence-corrected chi connectivity index (χ0v) is 26.7. The standard InChI is InChI=1S/C38H40N4O6/c43-35(39-26-27-7-6-10-30(25-27)36(44)40-31-15-13-29(14-16-31)37-47-23-24-48-37)19-22-41-20-17-32(18-21-41)42(38(45)46)34-12-5-4-11-33(34)28-8-2-1-3-9-28/h1-16,25,32,37H,17-24,26H2,(H,39,43)(H,40,44)(H,45,46). The van der Waals surface area contributed by atoms with Gasteiger partial charge in [0.15, 0.2) is 6.29 Å². The first-order chi connectivity index (χ1) is 23.4. The van der Waals surface area contributed by atoms with E-state index in [1.165, 1.54) is 4.90 Å². The van der Waals surface area contributed by atoms with E-state index in [4.69, 9.17) is 9.47 Å². The summed E-state index contributed by atoms with van der Waals surface area (Å²) in [5.41, 5.74) is 5.45. The van der Waals surface area contributed by atoms with Crippen LogP contribution in [0.2, 0.25) is 0 Å². The van der Waals surface area contributed by atoms with Crippen molar-refractivity contribution in [1.82, 2.24) is 10.2 Å². The Morgan fingerprint density at radius 1 is 0.833 bits per heavy atom. The van der Waals surface area contributed by atoms with Gasteiger partial charge in [-0.25, -0.2) is 4.79 Å². The molecule has 0 aromatic heterocycles. The molecule has 0 aliphatic carbocycles. The summed E-state index contributed by atoms with van der Waals surface area (Å²) >= 11 is 0. The molecule has 2 aliphatic rings. The Hall–Kier alpha value is -5.03. The number of piperidine rings is 1. The smallest absolute Gasteiger partial charge is 0.412 e. The molecule has 0 atom stereocenters. The van der Waals surface area contributed by atoms with Gasteiger partial charge in [0.05, 0.1) is 18.9 Å². The summed E-state index contributed by atoms with van der Waals surface area (Å²) in [6.45, 7) is 3.45. The third kappa shape index (κ3) is 8.27. The van der Waals surface area contributed by atoms with E-state index < -0.39 is 6.09 Å². The lowest BCUT2D eigenvalue weighted by molar-refractivity contribution is -0.121. The summed E-state index contributed by atoms with van der Waals surface area (Å²) in [6, 6.07) is 31.9. The van der Waals surface area contributed by atoms with Gasteiger partial charge in [-0.3, -0.25) is 14.5 Å². The highest BCUT2D eigenvalue weighted by atomic mass is 16.7. The Morgan fingerprint density at radius 3 is 2.27 bits per heavy atom. The van der Waals surface area contributed by atoms with E-state index in [0.717, 1.165) is 22.3 Å². The molecule has 0 spiro atoms. The van der Waals surface area contributed by atoms with Crippen molar-refractivity contribution in [2.24, 2.45) is 0 Å². The third-order valence-corrected chi connectivity index (χ3v) is 8.77. The lowest BCUT2D eigenvalue weighted by Crippen LogP contribution is -2.48. The van der Waals surface area contributed by atoms with E-state index in [0.29, 0.717) is 75.6 Å². The van der Waals surface area contributed by atoms with Gasteiger partial charge in [-0.15, -0.1) is 0 Å². The fraction of sp³-hybridized carbons (Fsp3) is 0.289. The minimum atomic E-state index is -0.961. The maximum absolute atomic E-state index is 12.9. The number of amides is 3. The van der Waals surface area contributed by atoms with Crippen LogP contribution in [0.15, 0.2) is 103 Å². The van der Waals surface area contributed by atoms with Crippen LogP contribution in [0.25, 0.3) is 11.1 Å². The number of para-hydroxylation sites is 1. The molecule has 10 heteroatoms. The Balaban J connectivity index is 0.957. The van der Waals surface area contributed by atoms with Crippen LogP contribution >= 0.6 is 0 Å². The molecule has 4 aromatic carbocycles. The Morgan fingerprint density at radius 2 is 1.54 bits per heavy atom. The second-order valence-electron chi connectivity index (χ2n) is 12.0. The highest BCUT2D eigenvalue weighted by Gasteiger charge is 2.30. The predicted octanol–water partition coefficient (Wildman–Crippen LogP) is 6.31. The van der Waals surface area contributed by atoms with Crippen LogP contribution in [-0.2, 0) is 20.8 Å². The number of nitrogens with one attached hydrogen (secondary N) is 2. The van der Waals surface area contributed by atoms with Gasteiger partial charge in [0.25, 0.3) is 5.91 Å². The summed E-state index contributed by atoms with van der Waals surface area (Å²) in [5, 5.41) is 16.1. The Bertz CT molecular complexity index is 1700. The Labute approximate surface area is 280 Å². The molecule has 2 fully saturated rings. The molecular weight excluding hydrogens is 608 g/mol. The van der Waals surface area contributed by atoms with Gasteiger partial charge in [-0.05, 0) is 54.3 Å². The molecule has 0 unspecified atom stereocenters. The first-order valence-corrected chi connectivity index (χ1v) is 16.3. The average molecular weight is 649 g/mol. The zero-order chi connectivity index (χ0) is 33.3. The normalized spacial score (nSPS) is 15.6. The predicted molar refractivity (Wildman–Crippen MR) is 184 cm³/mol. The molecule has 48 heavy (non-hydrogen) atoms.